The Kier molecular flexibility index (Phi) is 6.39. The number of ether oxygens (including phenoxy) is 3. The average Bonchev–Trinajstić information content (AvgIpc) is 2.83. The summed E-state index contributed by atoms with van der Waals surface area (Å²) in [6.45, 7) is 3.57. The van der Waals surface area contributed by atoms with Crippen molar-refractivity contribution in [1.82, 2.24) is 0 Å². The van der Waals surface area contributed by atoms with E-state index in [9.17, 15) is 13.2 Å². The number of amides is 1. The molecule has 0 aliphatic carbocycles. The van der Waals surface area contributed by atoms with Gasteiger partial charge in [-0.05, 0) is 55.8 Å². The Balaban J connectivity index is 1.68. The molecule has 0 fully saturated rings. The third-order valence-electron chi connectivity index (χ3n) is 5.55. The van der Waals surface area contributed by atoms with E-state index in [-0.39, 0.29) is 11.4 Å². The lowest BCUT2D eigenvalue weighted by Gasteiger charge is -2.35. The van der Waals surface area contributed by atoms with Crippen LogP contribution in [0.25, 0.3) is 0 Å². The minimum absolute atomic E-state index is 0.142. The number of nitrogens with zero attached hydrogens (tertiary/aromatic N) is 1. The largest absolute Gasteiger partial charge is 0.497 e. The van der Waals surface area contributed by atoms with Crippen molar-refractivity contribution >= 4 is 27.3 Å². The van der Waals surface area contributed by atoms with Gasteiger partial charge in [-0.3, -0.25) is 9.10 Å². The van der Waals surface area contributed by atoms with E-state index in [1.54, 1.807) is 54.6 Å². The summed E-state index contributed by atoms with van der Waals surface area (Å²) >= 11 is 0. The van der Waals surface area contributed by atoms with E-state index in [1.807, 2.05) is 19.9 Å². The SMILES string of the molecule is COc1ccc(NC(=O)C2CN(S(=O)(=O)c3ccc(C)cc3)c3cc(C)ccc3O2)c(OC)c1. The van der Waals surface area contributed by atoms with Crippen molar-refractivity contribution in [2.75, 3.05) is 30.4 Å². The summed E-state index contributed by atoms with van der Waals surface area (Å²) in [7, 11) is -0.923. The van der Waals surface area contributed by atoms with Crippen LogP contribution >= 0.6 is 0 Å². The van der Waals surface area contributed by atoms with E-state index >= 15 is 0 Å². The normalized spacial score (nSPS) is 15.2. The molecule has 4 rings (SSSR count). The first-order chi connectivity index (χ1) is 16.2. The Morgan fingerprint density at radius 1 is 0.971 bits per heavy atom. The van der Waals surface area contributed by atoms with Crippen LogP contribution in [0.3, 0.4) is 0 Å². The number of aryl methyl sites for hydroxylation is 2. The summed E-state index contributed by atoms with van der Waals surface area (Å²) in [5, 5.41) is 2.78. The van der Waals surface area contributed by atoms with E-state index in [2.05, 4.69) is 5.32 Å². The van der Waals surface area contributed by atoms with Gasteiger partial charge in [-0.15, -0.1) is 0 Å². The molecule has 1 unspecified atom stereocenters. The Hall–Kier alpha value is -3.72. The van der Waals surface area contributed by atoms with Crippen LogP contribution in [-0.2, 0) is 14.8 Å². The highest BCUT2D eigenvalue weighted by molar-refractivity contribution is 7.92. The molecule has 0 bridgehead atoms. The molecule has 1 aliphatic rings. The van der Waals surface area contributed by atoms with Crippen molar-refractivity contribution in [3.8, 4) is 17.2 Å². The highest BCUT2D eigenvalue weighted by Gasteiger charge is 2.38. The van der Waals surface area contributed by atoms with Crippen molar-refractivity contribution in [2.24, 2.45) is 0 Å². The molecule has 8 nitrogen and oxygen atoms in total. The van der Waals surface area contributed by atoms with Crippen LogP contribution in [0.1, 0.15) is 11.1 Å². The second-order valence-corrected chi connectivity index (χ2v) is 9.84. The fourth-order valence-corrected chi connectivity index (χ4v) is 5.15. The van der Waals surface area contributed by atoms with Crippen LogP contribution in [-0.4, -0.2) is 41.2 Å². The molecule has 1 N–H and O–H groups in total. The van der Waals surface area contributed by atoms with E-state index < -0.39 is 22.0 Å². The topological polar surface area (TPSA) is 94.2 Å². The molecule has 178 valence electrons. The molecular formula is C25H26N2O6S. The molecule has 0 radical (unpaired) electrons. The van der Waals surface area contributed by atoms with Gasteiger partial charge < -0.3 is 19.5 Å². The van der Waals surface area contributed by atoms with Gasteiger partial charge in [-0.2, -0.15) is 0 Å². The number of rotatable bonds is 6. The van der Waals surface area contributed by atoms with Crippen LogP contribution in [0.15, 0.2) is 65.6 Å². The molecule has 1 heterocycles. The van der Waals surface area contributed by atoms with Gasteiger partial charge in [-0.25, -0.2) is 8.42 Å². The second kappa shape index (κ2) is 9.26. The van der Waals surface area contributed by atoms with E-state index in [0.29, 0.717) is 28.6 Å². The predicted molar refractivity (Wildman–Crippen MR) is 129 cm³/mol. The van der Waals surface area contributed by atoms with Crippen molar-refractivity contribution in [3.63, 3.8) is 0 Å². The number of nitrogens with one attached hydrogen (secondary N) is 1. The zero-order valence-corrected chi connectivity index (χ0v) is 20.2. The molecule has 0 spiro atoms. The standard InChI is InChI=1S/C25H26N2O6S/c1-16-5-9-19(10-6-16)34(29,30)27-15-24(33-22-12-7-17(2)13-21(22)27)25(28)26-20-11-8-18(31-3)14-23(20)32-4/h5-14,24H,15H2,1-4H3,(H,26,28). The Bertz CT molecular complexity index is 1320. The maximum atomic E-state index is 13.6. The van der Waals surface area contributed by atoms with Crippen LogP contribution in [0.2, 0.25) is 0 Å². The van der Waals surface area contributed by atoms with Gasteiger partial charge in [-0.1, -0.05) is 23.8 Å². The summed E-state index contributed by atoms with van der Waals surface area (Å²) in [6.07, 6.45) is -1.08. The quantitative estimate of drug-likeness (QED) is 0.573. The number of hydrogen-bond acceptors (Lipinski definition) is 6. The number of carbonyl (C=O) groups is 1. The summed E-state index contributed by atoms with van der Waals surface area (Å²) in [6, 6.07) is 16.8. The van der Waals surface area contributed by atoms with Gasteiger partial charge in [0.1, 0.15) is 17.2 Å². The number of methoxy groups -OCH3 is 2. The number of carbonyl (C=O) groups excluding carboxylic acids is 1. The summed E-state index contributed by atoms with van der Waals surface area (Å²) in [5.74, 6) is 0.792. The van der Waals surface area contributed by atoms with E-state index in [0.717, 1.165) is 11.1 Å². The predicted octanol–water partition coefficient (Wildman–Crippen LogP) is 3.92. The monoisotopic (exact) mass is 482 g/mol. The minimum Gasteiger partial charge on any atom is -0.497 e. The maximum absolute atomic E-state index is 13.6. The van der Waals surface area contributed by atoms with Crippen molar-refractivity contribution in [1.29, 1.82) is 0 Å². The number of sulfonamides is 1. The first-order valence-electron chi connectivity index (χ1n) is 10.6. The molecule has 1 amide bonds. The lowest BCUT2D eigenvalue weighted by molar-refractivity contribution is -0.122. The Morgan fingerprint density at radius 3 is 2.35 bits per heavy atom. The number of fused-ring (bicyclic) bond motifs is 1. The smallest absolute Gasteiger partial charge is 0.267 e. The van der Waals surface area contributed by atoms with Crippen LogP contribution in [0.5, 0.6) is 17.2 Å². The Morgan fingerprint density at radius 2 is 1.68 bits per heavy atom. The molecule has 1 aliphatic heterocycles. The summed E-state index contributed by atoms with van der Waals surface area (Å²) in [4.78, 5) is 13.3. The first-order valence-corrected chi connectivity index (χ1v) is 12.1. The van der Waals surface area contributed by atoms with Crippen molar-refractivity contribution in [3.05, 3.63) is 71.8 Å². The zero-order valence-electron chi connectivity index (χ0n) is 19.4. The Labute approximate surface area is 199 Å². The molecule has 34 heavy (non-hydrogen) atoms. The molecule has 9 heteroatoms. The highest BCUT2D eigenvalue weighted by Crippen LogP contribution is 2.38. The molecular weight excluding hydrogens is 456 g/mol. The second-order valence-electron chi connectivity index (χ2n) is 7.98. The van der Waals surface area contributed by atoms with Gasteiger partial charge in [0.15, 0.2) is 6.10 Å². The highest BCUT2D eigenvalue weighted by atomic mass is 32.2. The molecule has 1 atom stereocenters. The summed E-state index contributed by atoms with van der Waals surface area (Å²) < 4.78 is 44.9. The van der Waals surface area contributed by atoms with Crippen LogP contribution in [0.4, 0.5) is 11.4 Å². The molecule has 0 aromatic heterocycles. The lowest BCUT2D eigenvalue weighted by atomic mass is 10.1. The molecule has 0 saturated heterocycles. The average molecular weight is 483 g/mol. The number of anilines is 2. The van der Waals surface area contributed by atoms with Gasteiger partial charge in [0.2, 0.25) is 0 Å². The zero-order chi connectivity index (χ0) is 24.5. The van der Waals surface area contributed by atoms with Gasteiger partial charge in [0.05, 0.1) is 37.0 Å². The third kappa shape index (κ3) is 4.51. The molecule has 3 aromatic rings. The number of hydrogen-bond donors (Lipinski definition) is 1. The van der Waals surface area contributed by atoms with Gasteiger partial charge in [0, 0.05) is 6.07 Å². The fraction of sp³-hybridized carbons (Fsp3) is 0.240. The van der Waals surface area contributed by atoms with Gasteiger partial charge in [0.25, 0.3) is 15.9 Å². The summed E-state index contributed by atoms with van der Waals surface area (Å²) in [5.41, 5.74) is 2.63. The van der Waals surface area contributed by atoms with Crippen LogP contribution < -0.4 is 23.8 Å². The van der Waals surface area contributed by atoms with Crippen LogP contribution in [0, 0.1) is 13.8 Å². The van der Waals surface area contributed by atoms with Gasteiger partial charge >= 0.3 is 0 Å². The van der Waals surface area contributed by atoms with Crippen molar-refractivity contribution in [2.45, 2.75) is 24.8 Å². The first kappa shape index (κ1) is 23.4. The van der Waals surface area contributed by atoms with E-state index in [1.165, 1.54) is 18.5 Å². The van der Waals surface area contributed by atoms with Crippen molar-refractivity contribution < 1.29 is 27.4 Å². The molecule has 3 aromatic carbocycles. The maximum Gasteiger partial charge on any atom is 0.267 e. The molecule has 0 saturated carbocycles. The van der Waals surface area contributed by atoms with E-state index in [4.69, 9.17) is 14.2 Å². The number of benzene rings is 3. The fourth-order valence-electron chi connectivity index (χ4n) is 3.68. The lowest BCUT2D eigenvalue weighted by Crippen LogP contribution is -2.48. The minimum atomic E-state index is -3.94. The third-order valence-corrected chi connectivity index (χ3v) is 7.35.